The van der Waals surface area contributed by atoms with E-state index in [0.29, 0.717) is 16.7 Å². The van der Waals surface area contributed by atoms with Crippen molar-refractivity contribution in [1.82, 2.24) is 4.98 Å². The molecule has 148 valence electrons. The number of esters is 1. The van der Waals surface area contributed by atoms with Crippen molar-refractivity contribution in [2.45, 2.75) is 72.3 Å². The van der Waals surface area contributed by atoms with Crippen LogP contribution in [0.4, 0.5) is 5.69 Å². The molecule has 5 nitrogen and oxygen atoms in total. The average molecular weight is 437 g/mol. The van der Waals surface area contributed by atoms with E-state index >= 15 is 0 Å². The quantitative estimate of drug-likeness (QED) is 0.386. The van der Waals surface area contributed by atoms with Gasteiger partial charge in [0.05, 0.1) is 33.2 Å². The number of piperidine rings is 1. The molecular formula is C21H29BrN2O3. The maximum absolute atomic E-state index is 12.9. The molecule has 0 unspecified atom stereocenters. The zero-order valence-electron chi connectivity index (χ0n) is 16.7. The van der Waals surface area contributed by atoms with E-state index in [4.69, 9.17) is 4.74 Å². The van der Waals surface area contributed by atoms with Gasteiger partial charge in [0.2, 0.25) is 0 Å². The van der Waals surface area contributed by atoms with Crippen molar-refractivity contribution in [3.05, 3.63) is 21.4 Å². The first-order valence-electron chi connectivity index (χ1n) is 9.91. The summed E-state index contributed by atoms with van der Waals surface area (Å²) in [6.07, 6.45) is 7.27. The number of hydrogen-bond acceptors (Lipinski definition) is 5. The summed E-state index contributed by atoms with van der Waals surface area (Å²) < 4.78 is 5.96. The molecule has 1 saturated carbocycles. The smallest absolute Gasteiger partial charge is 0.380 e. The van der Waals surface area contributed by atoms with Gasteiger partial charge in [0.1, 0.15) is 0 Å². The second-order valence-corrected chi connectivity index (χ2v) is 9.09. The fourth-order valence-electron chi connectivity index (χ4n) is 4.58. The molecule has 0 atom stereocenters. The van der Waals surface area contributed by atoms with E-state index in [2.05, 4.69) is 25.8 Å². The van der Waals surface area contributed by atoms with Gasteiger partial charge in [-0.2, -0.15) is 0 Å². The Bertz CT molecular complexity index is 744. The minimum absolute atomic E-state index is 0.329. The Morgan fingerprint density at radius 1 is 1.07 bits per heavy atom. The number of Topliss-reactive ketones (excluding diaryl/α,β-unsaturated/α-hetero) is 1. The van der Waals surface area contributed by atoms with Crippen LogP contribution in [0.5, 0.6) is 0 Å². The summed E-state index contributed by atoms with van der Waals surface area (Å²) in [6.45, 7) is 9.01. The maximum atomic E-state index is 12.9. The Morgan fingerprint density at radius 3 is 2.22 bits per heavy atom. The second kappa shape index (κ2) is 7.90. The molecule has 1 spiro atoms. The summed E-state index contributed by atoms with van der Waals surface area (Å²) in [5.41, 5.74) is 3.08. The van der Waals surface area contributed by atoms with E-state index in [0.717, 1.165) is 41.8 Å². The Morgan fingerprint density at radius 2 is 1.67 bits per heavy atom. The van der Waals surface area contributed by atoms with Crippen LogP contribution in [0.15, 0.2) is 4.47 Å². The summed E-state index contributed by atoms with van der Waals surface area (Å²) in [5, 5.41) is 0. The number of carbonyl (C=O) groups is 2. The van der Waals surface area contributed by atoms with E-state index in [1.165, 1.54) is 25.7 Å². The molecule has 1 aliphatic carbocycles. The second-order valence-electron chi connectivity index (χ2n) is 8.30. The van der Waals surface area contributed by atoms with Gasteiger partial charge in [0, 0.05) is 13.1 Å². The van der Waals surface area contributed by atoms with Crippen molar-refractivity contribution in [1.29, 1.82) is 0 Å². The molecule has 1 aromatic heterocycles. The number of anilines is 1. The van der Waals surface area contributed by atoms with Crippen LogP contribution in [0.25, 0.3) is 0 Å². The van der Waals surface area contributed by atoms with Crippen LogP contribution in [0.2, 0.25) is 0 Å². The van der Waals surface area contributed by atoms with Crippen LogP contribution < -0.4 is 4.90 Å². The number of rotatable bonds is 4. The Balaban J connectivity index is 1.94. The van der Waals surface area contributed by atoms with Crippen molar-refractivity contribution in [3.8, 4) is 0 Å². The Hall–Kier alpha value is -1.43. The van der Waals surface area contributed by atoms with Crippen LogP contribution in [-0.2, 0) is 9.53 Å². The molecule has 1 saturated heterocycles. The molecule has 0 amide bonds. The first-order valence-corrected chi connectivity index (χ1v) is 10.7. The number of pyridine rings is 1. The lowest BCUT2D eigenvalue weighted by molar-refractivity contribution is -0.141. The standard InChI is InChI=1S/C21H29BrN2O3/c1-13(2)27-20(26)19(25)16-14(3)23-15(4)17(22)18(16)24-11-9-21(10-12-24)7-5-6-8-21/h13H,5-12H2,1-4H3. The molecular weight excluding hydrogens is 408 g/mol. The molecule has 0 aromatic carbocycles. The zero-order chi connectivity index (χ0) is 19.8. The molecule has 2 fully saturated rings. The predicted octanol–water partition coefficient (Wildman–Crippen LogP) is 4.76. The minimum Gasteiger partial charge on any atom is -0.457 e. The minimum atomic E-state index is -0.809. The molecule has 0 bridgehead atoms. The fraction of sp³-hybridized carbons (Fsp3) is 0.667. The lowest BCUT2D eigenvalue weighted by Gasteiger charge is -2.41. The largest absolute Gasteiger partial charge is 0.457 e. The Labute approximate surface area is 170 Å². The van der Waals surface area contributed by atoms with Crippen molar-refractivity contribution >= 4 is 33.4 Å². The predicted molar refractivity (Wildman–Crippen MR) is 109 cm³/mol. The van der Waals surface area contributed by atoms with Crippen LogP contribution in [0.1, 0.15) is 74.1 Å². The van der Waals surface area contributed by atoms with Gasteiger partial charge < -0.3 is 9.64 Å². The number of aryl methyl sites for hydroxylation is 2. The van der Waals surface area contributed by atoms with Crippen LogP contribution in [0, 0.1) is 19.3 Å². The molecule has 2 aliphatic rings. The summed E-state index contributed by atoms with van der Waals surface area (Å²) in [5.74, 6) is -1.42. The van der Waals surface area contributed by atoms with Crippen molar-refractivity contribution in [3.63, 3.8) is 0 Å². The van der Waals surface area contributed by atoms with Gasteiger partial charge in [0.15, 0.2) is 0 Å². The lowest BCUT2D eigenvalue weighted by Crippen LogP contribution is -2.40. The van der Waals surface area contributed by atoms with Gasteiger partial charge in [-0.15, -0.1) is 0 Å². The van der Waals surface area contributed by atoms with Crippen molar-refractivity contribution in [2.24, 2.45) is 5.41 Å². The monoisotopic (exact) mass is 436 g/mol. The summed E-state index contributed by atoms with van der Waals surface area (Å²) in [4.78, 5) is 32.0. The van der Waals surface area contributed by atoms with E-state index in [9.17, 15) is 9.59 Å². The average Bonchev–Trinajstić information content (AvgIpc) is 3.06. The SMILES string of the molecule is Cc1nc(C)c(C(=O)C(=O)OC(C)C)c(N2CCC3(CCCC3)CC2)c1Br. The number of nitrogens with zero attached hydrogens (tertiary/aromatic N) is 2. The third kappa shape index (κ3) is 4.05. The van der Waals surface area contributed by atoms with E-state index in [1.807, 2.05) is 6.92 Å². The van der Waals surface area contributed by atoms with Gasteiger partial charge in [0.25, 0.3) is 5.78 Å². The van der Waals surface area contributed by atoms with Gasteiger partial charge >= 0.3 is 5.97 Å². The highest BCUT2D eigenvalue weighted by Crippen LogP contribution is 2.48. The van der Waals surface area contributed by atoms with E-state index in [-0.39, 0.29) is 6.10 Å². The van der Waals surface area contributed by atoms with Gasteiger partial charge in [-0.05, 0) is 74.7 Å². The number of hydrogen-bond donors (Lipinski definition) is 0. The maximum Gasteiger partial charge on any atom is 0.380 e. The molecule has 0 N–H and O–H groups in total. The van der Waals surface area contributed by atoms with E-state index in [1.54, 1.807) is 20.8 Å². The lowest BCUT2D eigenvalue weighted by atomic mass is 9.77. The van der Waals surface area contributed by atoms with Crippen molar-refractivity contribution < 1.29 is 14.3 Å². The molecule has 3 rings (SSSR count). The molecule has 2 heterocycles. The number of ether oxygens (including phenoxy) is 1. The first kappa shape index (κ1) is 20.3. The molecule has 0 radical (unpaired) electrons. The molecule has 1 aromatic rings. The van der Waals surface area contributed by atoms with Gasteiger partial charge in [-0.25, -0.2) is 4.79 Å². The topological polar surface area (TPSA) is 59.5 Å². The first-order chi connectivity index (χ1) is 12.7. The third-order valence-electron chi connectivity index (χ3n) is 6.02. The molecule has 1 aliphatic heterocycles. The summed E-state index contributed by atoms with van der Waals surface area (Å²) in [7, 11) is 0. The van der Waals surface area contributed by atoms with E-state index < -0.39 is 11.8 Å². The van der Waals surface area contributed by atoms with Gasteiger partial charge in [-0.1, -0.05) is 12.8 Å². The summed E-state index contributed by atoms with van der Waals surface area (Å²) >= 11 is 3.64. The zero-order valence-corrected chi connectivity index (χ0v) is 18.3. The number of ketones is 1. The highest BCUT2D eigenvalue weighted by atomic mass is 79.9. The van der Waals surface area contributed by atoms with Crippen LogP contribution in [-0.4, -0.2) is 35.9 Å². The molecule has 6 heteroatoms. The number of carbonyl (C=O) groups excluding carboxylic acids is 2. The Kier molecular flexibility index (Phi) is 5.94. The number of aromatic nitrogens is 1. The fourth-order valence-corrected chi connectivity index (χ4v) is 5.11. The highest BCUT2D eigenvalue weighted by Gasteiger charge is 2.39. The van der Waals surface area contributed by atoms with Crippen molar-refractivity contribution in [2.75, 3.05) is 18.0 Å². The highest BCUT2D eigenvalue weighted by molar-refractivity contribution is 9.10. The molecule has 27 heavy (non-hydrogen) atoms. The van der Waals surface area contributed by atoms with Gasteiger partial charge in [-0.3, -0.25) is 9.78 Å². The van der Waals surface area contributed by atoms with Crippen LogP contribution >= 0.6 is 15.9 Å². The normalized spacial score (nSPS) is 19.0. The van der Waals surface area contributed by atoms with Crippen LogP contribution in [0.3, 0.4) is 0 Å². The third-order valence-corrected chi connectivity index (χ3v) is 6.97. The summed E-state index contributed by atoms with van der Waals surface area (Å²) in [6, 6.07) is 0. The number of halogens is 1.